The number of nitrogens with one attached hydrogen (secondary N) is 2. The molecule has 0 aliphatic carbocycles. The monoisotopic (exact) mass is 373 g/mol. The van der Waals surface area contributed by atoms with Crippen LogP contribution in [-0.4, -0.2) is 58.3 Å². The molecule has 3 amide bonds. The van der Waals surface area contributed by atoms with Crippen LogP contribution < -0.4 is 16.5 Å². The standard InChI is InChI=1S/C17H23N7O3/c1-11(2)12-3-5-13(6-4-12)20-17(26)23-8-7-19-24(10-9-23)16(25)14-15(18)22-27-21-14/h3-6,11,19H,7-10H2,1-2H3,(H2,18,22)(H,20,26). The Kier molecular flexibility index (Phi) is 5.55. The number of hydrogen-bond donors (Lipinski definition) is 3. The Morgan fingerprint density at radius 1 is 1.19 bits per heavy atom. The van der Waals surface area contributed by atoms with Gasteiger partial charge >= 0.3 is 6.03 Å². The van der Waals surface area contributed by atoms with Gasteiger partial charge in [0.25, 0.3) is 5.91 Å². The largest absolute Gasteiger partial charge is 0.379 e. The summed E-state index contributed by atoms with van der Waals surface area (Å²) in [5, 5.41) is 11.2. The van der Waals surface area contributed by atoms with Crippen LogP contribution in [0.25, 0.3) is 0 Å². The molecule has 2 heterocycles. The normalized spacial score (nSPS) is 14.9. The summed E-state index contributed by atoms with van der Waals surface area (Å²) in [6, 6.07) is 7.56. The number of nitrogen functional groups attached to an aromatic ring is 1. The van der Waals surface area contributed by atoms with Gasteiger partial charge in [-0.15, -0.1) is 0 Å². The summed E-state index contributed by atoms with van der Waals surface area (Å²) in [6.45, 7) is 5.74. The van der Waals surface area contributed by atoms with E-state index in [1.807, 2.05) is 24.3 Å². The van der Waals surface area contributed by atoms with Gasteiger partial charge in [-0.05, 0) is 33.9 Å². The van der Waals surface area contributed by atoms with Crippen molar-refractivity contribution in [2.75, 3.05) is 37.2 Å². The van der Waals surface area contributed by atoms with Gasteiger partial charge in [0.2, 0.25) is 11.5 Å². The van der Waals surface area contributed by atoms with Crippen LogP contribution in [-0.2, 0) is 0 Å². The number of amides is 3. The van der Waals surface area contributed by atoms with E-state index in [1.165, 1.54) is 10.6 Å². The molecule has 0 atom stereocenters. The summed E-state index contributed by atoms with van der Waals surface area (Å²) in [4.78, 5) is 26.6. The maximum atomic E-state index is 12.5. The van der Waals surface area contributed by atoms with Crippen LogP contribution in [0.2, 0.25) is 0 Å². The van der Waals surface area contributed by atoms with Crippen molar-refractivity contribution >= 4 is 23.4 Å². The second-order valence-corrected chi connectivity index (χ2v) is 6.56. The van der Waals surface area contributed by atoms with Crippen LogP contribution >= 0.6 is 0 Å². The van der Waals surface area contributed by atoms with E-state index in [0.29, 0.717) is 25.6 Å². The minimum atomic E-state index is -0.444. The summed E-state index contributed by atoms with van der Waals surface area (Å²) in [5.41, 5.74) is 10.4. The van der Waals surface area contributed by atoms with Crippen molar-refractivity contribution in [3.63, 3.8) is 0 Å². The minimum absolute atomic E-state index is 0.0503. The molecule has 1 aromatic carbocycles. The molecule has 1 saturated heterocycles. The molecule has 1 aliphatic heterocycles. The molecule has 27 heavy (non-hydrogen) atoms. The Balaban J connectivity index is 1.58. The fourth-order valence-corrected chi connectivity index (χ4v) is 2.73. The van der Waals surface area contributed by atoms with Crippen molar-refractivity contribution < 1.29 is 14.2 Å². The lowest BCUT2D eigenvalue weighted by Gasteiger charge is -2.21. The number of carbonyl (C=O) groups excluding carboxylic acids is 2. The third-order valence-corrected chi connectivity index (χ3v) is 4.36. The molecule has 2 aromatic rings. The summed E-state index contributed by atoms with van der Waals surface area (Å²) in [7, 11) is 0. The number of nitrogens with two attached hydrogens (primary N) is 1. The Morgan fingerprint density at radius 2 is 1.93 bits per heavy atom. The van der Waals surface area contributed by atoms with Gasteiger partial charge in [-0.2, -0.15) is 0 Å². The number of rotatable bonds is 3. The quantitative estimate of drug-likeness (QED) is 0.738. The highest BCUT2D eigenvalue weighted by Crippen LogP contribution is 2.17. The Bertz CT molecular complexity index is 803. The Morgan fingerprint density at radius 3 is 2.56 bits per heavy atom. The van der Waals surface area contributed by atoms with E-state index >= 15 is 0 Å². The van der Waals surface area contributed by atoms with E-state index in [9.17, 15) is 9.59 Å². The predicted molar refractivity (Wildman–Crippen MR) is 98.9 cm³/mol. The lowest BCUT2D eigenvalue weighted by Crippen LogP contribution is -2.44. The molecule has 0 radical (unpaired) electrons. The molecule has 1 fully saturated rings. The summed E-state index contributed by atoms with van der Waals surface area (Å²) in [5.74, 6) is -0.0744. The number of carbonyl (C=O) groups is 2. The molecule has 3 rings (SSSR count). The van der Waals surface area contributed by atoms with Crippen LogP contribution in [0.15, 0.2) is 28.9 Å². The zero-order valence-corrected chi connectivity index (χ0v) is 15.3. The molecule has 1 aliphatic rings. The van der Waals surface area contributed by atoms with Gasteiger partial charge in [0.05, 0.1) is 6.54 Å². The van der Waals surface area contributed by atoms with Gasteiger partial charge in [-0.1, -0.05) is 26.0 Å². The first kappa shape index (κ1) is 18.6. The number of hydrogen-bond acceptors (Lipinski definition) is 7. The molecule has 1 aromatic heterocycles. The first-order valence-electron chi connectivity index (χ1n) is 8.75. The average molecular weight is 373 g/mol. The zero-order chi connectivity index (χ0) is 19.4. The number of urea groups is 1. The van der Waals surface area contributed by atoms with Crippen molar-refractivity contribution in [2.45, 2.75) is 19.8 Å². The van der Waals surface area contributed by atoms with E-state index in [0.717, 1.165) is 5.69 Å². The first-order valence-corrected chi connectivity index (χ1v) is 8.75. The molecular formula is C17H23N7O3. The predicted octanol–water partition coefficient (Wildman–Crippen LogP) is 1.27. The third-order valence-electron chi connectivity index (χ3n) is 4.36. The smallest absolute Gasteiger partial charge is 0.321 e. The molecule has 0 saturated carbocycles. The molecule has 0 spiro atoms. The lowest BCUT2D eigenvalue weighted by atomic mass is 10.0. The van der Waals surface area contributed by atoms with Gasteiger partial charge < -0.3 is 16.0 Å². The maximum Gasteiger partial charge on any atom is 0.321 e. The van der Waals surface area contributed by atoms with Crippen LogP contribution in [0.3, 0.4) is 0 Å². The van der Waals surface area contributed by atoms with Gasteiger partial charge in [0, 0.05) is 25.3 Å². The summed E-state index contributed by atoms with van der Waals surface area (Å²) < 4.78 is 4.46. The number of anilines is 2. The van der Waals surface area contributed by atoms with E-state index < -0.39 is 5.91 Å². The number of nitrogens with zero attached hydrogens (tertiary/aromatic N) is 4. The van der Waals surface area contributed by atoms with Crippen molar-refractivity contribution in [1.82, 2.24) is 25.6 Å². The topological polar surface area (TPSA) is 130 Å². The fourth-order valence-electron chi connectivity index (χ4n) is 2.73. The lowest BCUT2D eigenvalue weighted by molar-refractivity contribution is 0.0667. The highest BCUT2D eigenvalue weighted by atomic mass is 16.6. The van der Waals surface area contributed by atoms with E-state index in [4.69, 9.17) is 5.73 Å². The Labute approximate surface area is 156 Å². The molecule has 4 N–H and O–H groups in total. The van der Waals surface area contributed by atoms with Crippen molar-refractivity contribution in [1.29, 1.82) is 0 Å². The first-order chi connectivity index (χ1) is 13.0. The molecule has 0 unspecified atom stereocenters. The minimum Gasteiger partial charge on any atom is -0.379 e. The third kappa shape index (κ3) is 4.34. The van der Waals surface area contributed by atoms with Crippen LogP contribution in [0, 0.1) is 0 Å². The second kappa shape index (κ2) is 8.04. The van der Waals surface area contributed by atoms with Crippen molar-refractivity contribution in [3.05, 3.63) is 35.5 Å². The molecule has 10 heteroatoms. The number of aromatic nitrogens is 2. The highest BCUT2D eigenvalue weighted by Gasteiger charge is 2.26. The van der Waals surface area contributed by atoms with Crippen LogP contribution in [0.4, 0.5) is 16.3 Å². The molecule has 144 valence electrons. The molecule has 10 nitrogen and oxygen atoms in total. The van der Waals surface area contributed by atoms with Crippen molar-refractivity contribution in [3.8, 4) is 0 Å². The highest BCUT2D eigenvalue weighted by molar-refractivity contribution is 5.96. The number of benzene rings is 1. The van der Waals surface area contributed by atoms with Crippen LogP contribution in [0.1, 0.15) is 35.8 Å². The van der Waals surface area contributed by atoms with E-state index in [2.05, 4.69) is 39.5 Å². The molecular weight excluding hydrogens is 350 g/mol. The SMILES string of the molecule is CC(C)c1ccc(NC(=O)N2CCNN(C(=O)c3nonc3N)CC2)cc1. The summed E-state index contributed by atoms with van der Waals surface area (Å²) in [6.07, 6.45) is 0. The Hall–Kier alpha value is -3.14. The van der Waals surface area contributed by atoms with Gasteiger partial charge in [-0.3, -0.25) is 9.80 Å². The van der Waals surface area contributed by atoms with E-state index in [1.54, 1.807) is 4.90 Å². The fraction of sp³-hybridized carbons (Fsp3) is 0.412. The van der Waals surface area contributed by atoms with E-state index in [-0.39, 0.29) is 24.1 Å². The van der Waals surface area contributed by atoms with Crippen LogP contribution in [0.5, 0.6) is 0 Å². The number of hydrazine groups is 1. The summed E-state index contributed by atoms with van der Waals surface area (Å²) >= 11 is 0. The molecule has 0 bridgehead atoms. The van der Waals surface area contributed by atoms with Crippen molar-refractivity contribution in [2.24, 2.45) is 0 Å². The maximum absolute atomic E-state index is 12.5. The van der Waals surface area contributed by atoms with Gasteiger partial charge in [0.1, 0.15) is 0 Å². The second-order valence-electron chi connectivity index (χ2n) is 6.56. The zero-order valence-electron chi connectivity index (χ0n) is 15.3. The van der Waals surface area contributed by atoms with Gasteiger partial charge in [0.15, 0.2) is 0 Å². The van der Waals surface area contributed by atoms with Gasteiger partial charge in [-0.25, -0.2) is 14.8 Å². The average Bonchev–Trinajstić information content (AvgIpc) is 2.92.